The van der Waals surface area contributed by atoms with E-state index in [2.05, 4.69) is 46.6 Å². The van der Waals surface area contributed by atoms with Crippen molar-refractivity contribution in [3.8, 4) is 5.75 Å². The Morgan fingerprint density at radius 2 is 1.86 bits per heavy atom. The van der Waals surface area contributed by atoms with Crippen LogP contribution < -0.4 is 10.1 Å². The Kier molecular flexibility index (Phi) is 7.08. The second kappa shape index (κ2) is 9.94. The third-order valence-corrected chi connectivity index (χ3v) is 5.01. The first-order chi connectivity index (χ1) is 13.6. The average Bonchev–Trinajstić information content (AvgIpc) is 3.13. The van der Waals surface area contributed by atoms with Crippen LogP contribution >= 0.6 is 11.8 Å². The third-order valence-electron chi connectivity index (χ3n) is 3.98. The van der Waals surface area contributed by atoms with Gasteiger partial charge < -0.3 is 14.6 Å². The second-order valence-electron chi connectivity index (χ2n) is 6.34. The molecule has 0 spiro atoms. The minimum absolute atomic E-state index is 0.0868. The van der Waals surface area contributed by atoms with E-state index < -0.39 is 0 Å². The molecule has 7 heteroatoms. The van der Waals surface area contributed by atoms with E-state index in [4.69, 9.17) is 9.26 Å². The lowest BCUT2D eigenvalue weighted by Gasteiger charge is -2.07. The highest BCUT2D eigenvalue weighted by atomic mass is 32.2. The molecular formula is C21H23N3O3S. The van der Waals surface area contributed by atoms with E-state index in [0.717, 1.165) is 11.5 Å². The Morgan fingerprint density at radius 3 is 2.54 bits per heavy atom. The summed E-state index contributed by atoms with van der Waals surface area (Å²) in [5.41, 5.74) is 3.17. The van der Waals surface area contributed by atoms with Crippen molar-refractivity contribution in [1.29, 1.82) is 0 Å². The number of hydrogen-bond donors (Lipinski definition) is 1. The maximum atomic E-state index is 12.2. The first-order valence-electron chi connectivity index (χ1n) is 9.04. The standard InChI is InChI=1S/C21H23N3O3S/c1-15-3-5-17(6-4-15)14-28-12-11-22-21(25)18-7-9-19(10-8-18)26-13-20-23-16(2)27-24-20/h3-10H,11-14H2,1-2H3,(H,22,25). The lowest BCUT2D eigenvalue weighted by molar-refractivity contribution is 0.0956. The van der Waals surface area contributed by atoms with E-state index in [0.29, 0.717) is 29.6 Å². The van der Waals surface area contributed by atoms with E-state index in [9.17, 15) is 4.79 Å². The zero-order chi connectivity index (χ0) is 19.8. The molecule has 0 atom stereocenters. The molecule has 6 nitrogen and oxygen atoms in total. The SMILES string of the molecule is Cc1ccc(CSCCNC(=O)c2ccc(OCc3noc(C)n3)cc2)cc1. The highest BCUT2D eigenvalue weighted by molar-refractivity contribution is 7.98. The quantitative estimate of drug-likeness (QED) is 0.551. The molecule has 0 bridgehead atoms. The second-order valence-corrected chi connectivity index (χ2v) is 7.44. The largest absolute Gasteiger partial charge is 0.485 e. The molecule has 0 fully saturated rings. The summed E-state index contributed by atoms with van der Waals surface area (Å²) in [6.07, 6.45) is 0. The van der Waals surface area contributed by atoms with Crippen LogP contribution in [0, 0.1) is 13.8 Å². The van der Waals surface area contributed by atoms with Crippen LogP contribution in [0.15, 0.2) is 53.1 Å². The van der Waals surface area contributed by atoms with Crippen LogP contribution in [-0.2, 0) is 12.4 Å². The van der Waals surface area contributed by atoms with Gasteiger partial charge in [0.15, 0.2) is 6.61 Å². The van der Waals surface area contributed by atoms with E-state index in [1.165, 1.54) is 11.1 Å². The molecule has 1 amide bonds. The topological polar surface area (TPSA) is 77.2 Å². The minimum Gasteiger partial charge on any atom is -0.485 e. The molecule has 0 saturated heterocycles. The van der Waals surface area contributed by atoms with Crippen LogP contribution in [-0.4, -0.2) is 28.3 Å². The van der Waals surface area contributed by atoms with Gasteiger partial charge in [-0.25, -0.2) is 0 Å². The lowest BCUT2D eigenvalue weighted by atomic mass is 10.2. The van der Waals surface area contributed by atoms with Crippen molar-refractivity contribution in [2.75, 3.05) is 12.3 Å². The number of aryl methyl sites for hydroxylation is 2. The Balaban J connectivity index is 1.36. The fourth-order valence-corrected chi connectivity index (χ4v) is 3.28. The van der Waals surface area contributed by atoms with E-state index in [1.807, 2.05) is 0 Å². The Morgan fingerprint density at radius 1 is 1.11 bits per heavy atom. The van der Waals surface area contributed by atoms with Crippen LogP contribution in [0.4, 0.5) is 0 Å². The summed E-state index contributed by atoms with van der Waals surface area (Å²) in [7, 11) is 0. The van der Waals surface area contributed by atoms with Crippen molar-refractivity contribution < 1.29 is 14.1 Å². The molecule has 3 rings (SSSR count). The van der Waals surface area contributed by atoms with E-state index in [1.54, 1.807) is 43.0 Å². The Bertz CT molecular complexity index is 892. The molecule has 1 heterocycles. The monoisotopic (exact) mass is 397 g/mol. The van der Waals surface area contributed by atoms with Crippen LogP contribution in [0.2, 0.25) is 0 Å². The first kappa shape index (κ1) is 19.9. The zero-order valence-corrected chi connectivity index (χ0v) is 16.8. The van der Waals surface area contributed by atoms with Gasteiger partial charge in [-0.05, 0) is 36.8 Å². The molecule has 0 saturated carbocycles. The molecule has 28 heavy (non-hydrogen) atoms. The molecule has 0 aliphatic heterocycles. The highest BCUT2D eigenvalue weighted by Gasteiger charge is 2.07. The molecule has 0 aliphatic carbocycles. The number of benzene rings is 2. The smallest absolute Gasteiger partial charge is 0.251 e. The van der Waals surface area contributed by atoms with Crippen molar-refractivity contribution in [2.24, 2.45) is 0 Å². The molecule has 1 N–H and O–H groups in total. The van der Waals surface area contributed by atoms with Gasteiger partial charge in [0.1, 0.15) is 5.75 Å². The molecule has 0 aliphatic rings. The van der Waals surface area contributed by atoms with Gasteiger partial charge >= 0.3 is 0 Å². The molecule has 146 valence electrons. The highest BCUT2D eigenvalue weighted by Crippen LogP contribution is 2.14. The van der Waals surface area contributed by atoms with Crippen LogP contribution in [0.3, 0.4) is 0 Å². The molecule has 0 unspecified atom stereocenters. The number of nitrogens with zero attached hydrogens (tertiary/aromatic N) is 2. The summed E-state index contributed by atoms with van der Waals surface area (Å²) in [5, 5.41) is 6.71. The van der Waals surface area contributed by atoms with Crippen LogP contribution in [0.25, 0.3) is 0 Å². The summed E-state index contributed by atoms with van der Waals surface area (Å²) < 4.78 is 10.5. The zero-order valence-electron chi connectivity index (χ0n) is 16.0. The summed E-state index contributed by atoms with van der Waals surface area (Å²) >= 11 is 1.80. The fraction of sp³-hybridized carbons (Fsp3) is 0.286. The predicted octanol–water partition coefficient (Wildman–Crippen LogP) is 3.93. The summed E-state index contributed by atoms with van der Waals surface area (Å²) in [6.45, 7) is 4.66. The third kappa shape index (κ3) is 6.13. The van der Waals surface area contributed by atoms with Gasteiger partial charge in [0.05, 0.1) is 0 Å². The number of hydrogen-bond acceptors (Lipinski definition) is 6. The van der Waals surface area contributed by atoms with Gasteiger partial charge in [-0.1, -0.05) is 35.0 Å². The molecule has 3 aromatic rings. The van der Waals surface area contributed by atoms with Crippen molar-refractivity contribution >= 4 is 17.7 Å². The summed E-state index contributed by atoms with van der Waals surface area (Å²) in [4.78, 5) is 16.3. The van der Waals surface area contributed by atoms with Gasteiger partial charge in [-0.2, -0.15) is 16.7 Å². The number of carbonyl (C=O) groups is 1. The first-order valence-corrected chi connectivity index (χ1v) is 10.2. The number of ether oxygens (including phenoxy) is 1. The van der Waals surface area contributed by atoms with Gasteiger partial charge in [0.25, 0.3) is 5.91 Å². The maximum absolute atomic E-state index is 12.2. The Hall–Kier alpha value is -2.80. The molecule has 2 aromatic carbocycles. The average molecular weight is 398 g/mol. The van der Waals surface area contributed by atoms with Crippen LogP contribution in [0.5, 0.6) is 5.75 Å². The number of nitrogens with one attached hydrogen (secondary N) is 1. The summed E-state index contributed by atoms with van der Waals surface area (Å²) in [6, 6.07) is 15.5. The number of thioether (sulfide) groups is 1. The summed E-state index contributed by atoms with van der Waals surface area (Å²) in [5.74, 6) is 3.36. The molecule has 1 aromatic heterocycles. The van der Waals surface area contributed by atoms with Crippen molar-refractivity contribution in [3.63, 3.8) is 0 Å². The van der Waals surface area contributed by atoms with Gasteiger partial charge in [0, 0.05) is 30.5 Å². The van der Waals surface area contributed by atoms with Gasteiger partial charge in [-0.3, -0.25) is 4.79 Å². The molecule has 0 radical (unpaired) electrons. The number of rotatable bonds is 9. The fourth-order valence-electron chi connectivity index (χ4n) is 2.46. The van der Waals surface area contributed by atoms with Crippen molar-refractivity contribution in [1.82, 2.24) is 15.5 Å². The lowest BCUT2D eigenvalue weighted by Crippen LogP contribution is -2.25. The van der Waals surface area contributed by atoms with Crippen molar-refractivity contribution in [2.45, 2.75) is 26.2 Å². The van der Waals surface area contributed by atoms with E-state index in [-0.39, 0.29) is 12.5 Å². The van der Waals surface area contributed by atoms with Crippen molar-refractivity contribution in [3.05, 3.63) is 76.9 Å². The number of aromatic nitrogens is 2. The van der Waals surface area contributed by atoms with Gasteiger partial charge in [-0.15, -0.1) is 0 Å². The minimum atomic E-state index is -0.0868. The van der Waals surface area contributed by atoms with Crippen LogP contribution in [0.1, 0.15) is 33.2 Å². The molecular weight excluding hydrogens is 374 g/mol. The number of amides is 1. The van der Waals surface area contributed by atoms with Gasteiger partial charge in [0.2, 0.25) is 11.7 Å². The number of carbonyl (C=O) groups excluding carboxylic acids is 1. The van der Waals surface area contributed by atoms with E-state index >= 15 is 0 Å². The normalized spacial score (nSPS) is 10.6. The predicted molar refractivity (Wildman–Crippen MR) is 109 cm³/mol. The Labute approximate surface area is 168 Å². The maximum Gasteiger partial charge on any atom is 0.251 e.